The summed E-state index contributed by atoms with van der Waals surface area (Å²) in [5.41, 5.74) is 1.86. The monoisotopic (exact) mass is 447 g/mol. The highest BCUT2D eigenvalue weighted by Gasteiger charge is 2.33. The molecule has 4 rings (SSSR count). The molecule has 0 saturated carbocycles. The van der Waals surface area contributed by atoms with Crippen LogP contribution in [-0.4, -0.2) is 39.1 Å². The van der Waals surface area contributed by atoms with Crippen LogP contribution in [0.1, 0.15) is 24.0 Å². The molecule has 0 atom stereocenters. The highest BCUT2D eigenvalue weighted by molar-refractivity contribution is 5.73. The second-order valence-electron chi connectivity index (χ2n) is 8.05. The molecule has 1 saturated heterocycles. The topological polar surface area (TPSA) is 113 Å². The standard InChI is InChI=1S/C24H25N5O4/c30-24(31)20-11-13-27(14-12-20)22-21(29(32)33)23(26-17-25-22)28(15-18-7-3-1-4-8-18)16-19-9-5-2-6-10-19/h1-10,17,20H,11-16H2,(H,30,31). The van der Waals surface area contributed by atoms with Gasteiger partial charge in [-0.2, -0.15) is 0 Å². The van der Waals surface area contributed by atoms with Gasteiger partial charge in [0.2, 0.25) is 11.6 Å². The Bertz CT molecular complexity index is 1060. The van der Waals surface area contributed by atoms with Gasteiger partial charge in [0.25, 0.3) is 0 Å². The molecule has 3 aromatic rings. The molecule has 0 spiro atoms. The van der Waals surface area contributed by atoms with Crippen molar-refractivity contribution in [3.05, 3.63) is 88.2 Å². The maximum absolute atomic E-state index is 12.2. The quantitative estimate of drug-likeness (QED) is 0.409. The number of rotatable bonds is 8. The van der Waals surface area contributed by atoms with E-state index in [9.17, 15) is 20.0 Å². The molecule has 0 radical (unpaired) electrons. The van der Waals surface area contributed by atoms with Crippen molar-refractivity contribution in [2.45, 2.75) is 25.9 Å². The first-order valence-corrected chi connectivity index (χ1v) is 10.8. The smallest absolute Gasteiger partial charge is 0.353 e. The molecule has 1 aromatic heterocycles. The van der Waals surface area contributed by atoms with Crippen molar-refractivity contribution in [2.24, 2.45) is 5.92 Å². The zero-order chi connectivity index (χ0) is 23.2. The van der Waals surface area contributed by atoms with Crippen molar-refractivity contribution < 1.29 is 14.8 Å². The van der Waals surface area contributed by atoms with Crippen LogP contribution in [0.3, 0.4) is 0 Å². The molecule has 33 heavy (non-hydrogen) atoms. The molecule has 0 bridgehead atoms. The second-order valence-corrected chi connectivity index (χ2v) is 8.05. The minimum atomic E-state index is -0.829. The van der Waals surface area contributed by atoms with Gasteiger partial charge in [0, 0.05) is 26.2 Å². The molecule has 1 fully saturated rings. The lowest BCUT2D eigenvalue weighted by atomic mass is 9.97. The minimum Gasteiger partial charge on any atom is -0.481 e. The van der Waals surface area contributed by atoms with Crippen LogP contribution in [0, 0.1) is 16.0 Å². The lowest BCUT2D eigenvalue weighted by molar-refractivity contribution is -0.383. The third kappa shape index (κ3) is 5.25. The molecular formula is C24H25N5O4. The maximum Gasteiger partial charge on any atom is 0.353 e. The average molecular weight is 447 g/mol. The summed E-state index contributed by atoms with van der Waals surface area (Å²) in [4.78, 5) is 35.4. The molecule has 9 nitrogen and oxygen atoms in total. The molecule has 9 heteroatoms. The fourth-order valence-electron chi connectivity index (χ4n) is 4.14. The van der Waals surface area contributed by atoms with Gasteiger partial charge in [-0.05, 0) is 24.0 Å². The van der Waals surface area contributed by atoms with E-state index in [0.29, 0.717) is 39.0 Å². The van der Waals surface area contributed by atoms with Gasteiger partial charge in [-0.3, -0.25) is 14.9 Å². The normalized spacial score (nSPS) is 14.1. The number of nitro groups is 1. The van der Waals surface area contributed by atoms with Gasteiger partial charge in [-0.25, -0.2) is 9.97 Å². The Morgan fingerprint density at radius 2 is 1.55 bits per heavy atom. The van der Waals surface area contributed by atoms with Crippen LogP contribution in [0.25, 0.3) is 0 Å². The summed E-state index contributed by atoms with van der Waals surface area (Å²) >= 11 is 0. The molecule has 2 aromatic carbocycles. The van der Waals surface area contributed by atoms with Gasteiger partial charge in [0.1, 0.15) is 6.33 Å². The molecule has 1 aliphatic rings. The molecule has 2 heterocycles. The summed E-state index contributed by atoms with van der Waals surface area (Å²) in [6.45, 7) is 1.67. The zero-order valence-corrected chi connectivity index (χ0v) is 18.1. The van der Waals surface area contributed by atoms with Crippen molar-refractivity contribution in [2.75, 3.05) is 22.9 Å². The Kier molecular flexibility index (Phi) is 6.77. The van der Waals surface area contributed by atoms with Gasteiger partial charge in [0.05, 0.1) is 10.8 Å². The van der Waals surface area contributed by atoms with Crippen LogP contribution < -0.4 is 9.80 Å². The lowest BCUT2D eigenvalue weighted by Crippen LogP contribution is -2.37. The summed E-state index contributed by atoms with van der Waals surface area (Å²) < 4.78 is 0. The molecule has 0 unspecified atom stereocenters. The molecule has 1 N–H and O–H groups in total. The predicted molar refractivity (Wildman–Crippen MR) is 124 cm³/mol. The summed E-state index contributed by atoms with van der Waals surface area (Å²) in [6, 6.07) is 19.5. The number of carboxylic acids is 1. The number of aromatic nitrogens is 2. The Balaban J connectivity index is 1.71. The molecule has 170 valence electrons. The number of nitrogens with zero attached hydrogens (tertiary/aromatic N) is 5. The van der Waals surface area contributed by atoms with E-state index in [0.717, 1.165) is 11.1 Å². The van der Waals surface area contributed by atoms with Crippen LogP contribution in [0.15, 0.2) is 67.0 Å². The zero-order valence-electron chi connectivity index (χ0n) is 18.1. The second kappa shape index (κ2) is 10.1. The number of aliphatic carboxylic acids is 1. The van der Waals surface area contributed by atoms with Crippen LogP contribution in [0.5, 0.6) is 0 Å². The van der Waals surface area contributed by atoms with Gasteiger partial charge >= 0.3 is 11.7 Å². The Morgan fingerprint density at radius 1 is 1.00 bits per heavy atom. The minimum absolute atomic E-state index is 0.155. The first kappa shape index (κ1) is 22.2. The van der Waals surface area contributed by atoms with Crippen LogP contribution in [0.2, 0.25) is 0 Å². The Hall–Kier alpha value is -4.01. The number of hydrogen-bond donors (Lipinski definition) is 1. The average Bonchev–Trinajstić information content (AvgIpc) is 2.84. The first-order chi connectivity index (χ1) is 16.0. The van der Waals surface area contributed by atoms with E-state index >= 15 is 0 Å². The number of anilines is 2. The van der Waals surface area contributed by atoms with Crippen LogP contribution in [0.4, 0.5) is 17.3 Å². The predicted octanol–water partition coefficient (Wildman–Crippen LogP) is 3.89. The highest BCUT2D eigenvalue weighted by Crippen LogP contribution is 2.37. The van der Waals surface area contributed by atoms with Gasteiger partial charge in [-0.15, -0.1) is 0 Å². The molecule has 0 amide bonds. The van der Waals surface area contributed by atoms with Crippen LogP contribution in [-0.2, 0) is 17.9 Å². The SMILES string of the molecule is O=C(O)C1CCN(c2ncnc(N(Cc3ccccc3)Cc3ccccc3)c2[N+](=O)[O-])CC1. The van der Waals surface area contributed by atoms with Crippen LogP contribution >= 0.6 is 0 Å². The number of carbonyl (C=O) groups is 1. The van der Waals surface area contributed by atoms with E-state index in [2.05, 4.69) is 9.97 Å². The summed E-state index contributed by atoms with van der Waals surface area (Å²) in [5, 5.41) is 21.5. The molecular weight excluding hydrogens is 422 g/mol. The third-order valence-corrected chi connectivity index (χ3v) is 5.84. The first-order valence-electron chi connectivity index (χ1n) is 10.8. The largest absolute Gasteiger partial charge is 0.481 e. The summed E-state index contributed by atoms with van der Waals surface area (Å²) in [6.07, 6.45) is 2.19. The van der Waals surface area contributed by atoms with E-state index in [-0.39, 0.29) is 17.3 Å². The van der Waals surface area contributed by atoms with Crippen molar-refractivity contribution in [1.82, 2.24) is 9.97 Å². The summed E-state index contributed by atoms with van der Waals surface area (Å²) in [5.74, 6) is -0.781. The van der Waals surface area contributed by atoms with Crippen molar-refractivity contribution >= 4 is 23.3 Å². The summed E-state index contributed by atoms with van der Waals surface area (Å²) in [7, 11) is 0. The lowest BCUT2D eigenvalue weighted by Gasteiger charge is -2.31. The molecule has 1 aliphatic heterocycles. The number of piperidine rings is 1. The third-order valence-electron chi connectivity index (χ3n) is 5.84. The van der Waals surface area contributed by atoms with Crippen molar-refractivity contribution in [3.8, 4) is 0 Å². The van der Waals surface area contributed by atoms with E-state index in [1.807, 2.05) is 65.6 Å². The number of benzene rings is 2. The highest BCUT2D eigenvalue weighted by atomic mass is 16.6. The van der Waals surface area contributed by atoms with E-state index in [1.54, 1.807) is 4.90 Å². The fourth-order valence-corrected chi connectivity index (χ4v) is 4.14. The molecule has 0 aliphatic carbocycles. The Morgan fingerprint density at radius 3 is 2.03 bits per heavy atom. The Labute approximate surface area is 191 Å². The fraction of sp³-hybridized carbons (Fsp3) is 0.292. The van der Waals surface area contributed by atoms with Gasteiger partial charge < -0.3 is 14.9 Å². The maximum atomic E-state index is 12.2. The van der Waals surface area contributed by atoms with E-state index in [1.165, 1.54) is 6.33 Å². The van der Waals surface area contributed by atoms with Crippen molar-refractivity contribution in [1.29, 1.82) is 0 Å². The van der Waals surface area contributed by atoms with Gasteiger partial charge in [0.15, 0.2) is 0 Å². The van der Waals surface area contributed by atoms with Gasteiger partial charge in [-0.1, -0.05) is 60.7 Å². The number of hydrogen-bond acceptors (Lipinski definition) is 7. The van der Waals surface area contributed by atoms with Crippen molar-refractivity contribution in [3.63, 3.8) is 0 Å². The van der Waals surface area contributed by atoms with E-state index in [4.69, 9.17) is 0 Å². The van der Waals surface area contributed by atoms with E-state index < -0.39 is 16.8 Å². The number of carboxylic acid groups (broad SMARTS) is 1.